The number of amides is 1. The third-order valence-corrected chi connectivity index (χ3v) is 8.50. The summed E-state index contributed by atoms with van der Waals surface area (Å²) in [5.74, 6) is -0.903. The predicted molar refractivity (Wildman–Crippen MR) is 121 cm³/mol. The minimum absolute atomic E-state index is 0.0458. The van der Waals surface area contributed by atoms with Crippen LogP contribution in [0.3, 0.4) is 0 Å². The largest absolute Gasteiger partial charge is 0.338 e. The fraction of sp³-hybridized carbons (Fsp3) is 0.333. The number of aromatic nitrogens is 1. The zero-order chi connectivity index (χ0) is 22.0. The van der Waals surface area contributed by atoms with Crippen molar-refractivity contribution < 1.29 is 17.6 Å². The van der Waals surface area contributed by atoms with Crippen LogP contribution < -0.4 is 0 Å². The van der Waals surface area contributed by atoms with Crippen molar-refractivity contribution in [2.75, 3.05) is 19.3 Å². The minimum atomic E-state index is -3.47. The van der Waals surface area contributed by atoms with Gasteiger partial charge < -0.3 is 4.90 Å². The third-order valence-electron chi connectivity index (χ3n) is 5.29. The number of likely N-dealkylation sites (tertiary alicyclic amines) is 1. The van der Waals surface area contributed by atoms with Crippen molar-refractivity contribution in [2.24, 2.45) is 0 Å². The number of sulfonamides is 1. The van der Waals surface area contributed by atoms with Crippen LogP contribution in [0.2, 0.25) is 0 Å². The van der Waals surface area contributed by atoms with Crippen molar-refractivity contribution in [2.45, 2.75) is 25.4 Å². The highest BCUT2D eigenvalue weighted by Crippen LogP contribution is 2.29. The summed E-state index contributed by atoms with van der Waals surface area (Å²) in [6.07, 6.45) is 2.20. The Hall–Kier alpha value is -2.14. The lowest BCUT2D eigenvalue weighted by atomic mass is 10.0. The minimum Gasteiger partial charge on any atom is -0.338 e. The number of carbonyl (C=O) groups excluding carboxylic acids is 1. The Kier molecular flexibility index (Phi) is 6.52. The van der Waals surface area contributed by atoms with Gasteiger partial charge in [0.1, 0.15) is 10.8 Å². The van der Waals surface area contributed by atoms with E-state index in [0.29, 0.717) is 31.6 Å². The average Bonchev–Trinajstić information content (AvgIpc) is 3.43. The van der Waals surface area contributed by atoms with Crippen LogP contribution in [0.25, 0.3) is 9.88 Å². The Morgan fingerprint density at radius 1 is 1.19 bits per heavy atom. The van der Waals surface area contributed by atoms with Gasteiger partial charge in [0, 0.05) is 24.5 Å². The van der Waals surface area contributed by atoms with Gasteiger partial charge in [0.25, 0.3) is 5.91 Å². The Morgan fingerprint density at radius 3 is 2.58 bits per heavy atom. The van der Waals surface area contributed by atoms with Gasteiger partial charge in [0.15, 0.2) is 0 Å². The lowest BCUT2D eigenvalue weighted by Gasteiger charge is -2.37. The summed E-state index contributed by atoms with van der Waals surface area (Å²) in [6.45, 7) is 0.954. The van der Waals surface area contributed by atoms with E-state index >= 15 is 0 Å². The normalized spacial score (nSPS) is 15.5. The standard InChI is InChI=1S/C21H22FN3O3S3/c1-31(27,28)25(13-15-14-30-20(23-15)19-7-4-12-29-19)16-8-10-24(11-9-16)21(26)17-5-2-3-6-18(17)22/h2-7,12,14,16H,8-11,13H2,1H3. The Bertz CT molecular complexity index is 1150. The molecule has 0 bridgehead atoms. The number of thiazole rings is 1. The molecule has 0 atom stereocenters. The summed E-state index contributed by atoms with van der Waals surface area (Å²) >= 11 is 3.10. The summed E-state index contributed by atoms with van der Waals surface area (Å²) in [5.41, 5.74) is 0.758. The third kappa shape index (κ3) is 5.03. The SMILES string of the molecule is CS(=O)(=O)N(Cc1csc(-c2cccs2)n1)C1CCN(C(=O)c2ccccc2F)CC1. The highest BCUT2D eigenvalue weighted by Gasteiger charge is 2.33. The van der Waals surface area contributed by atoms with Crippen molar-refractivity contribution in [3.63, 3.8) is 0 Å². The molecule has 0 saturated carbocycles. The molecule has 1 aliphatic rings. The van der Waals surface area contributed by atoms with E-state index < -0.39 is 15.8 Å². The zero-order valence-electron chi connectivity index (χ0n) is 16.9. The van der Waals surface area contributed by atoms with Crippen LogP contribution in [-0.4, -0.2) is 53.9 Å². The summed E-state index contributed by atoms with van der Waals surface area (Å²) in [7, 11) is -3.47. The Balaban J connectivity index is 1.44. The van der Waals surface area contributed by atoms with Crippen molar-refractivity contribution in [1.29, 1.82) is 0 Å². The van der Waals surface area contributed by atoms with E-state index in [1.54, 1.807) is 28.4 Å². The van der Waals surface area contributed by atoms with Crippen molar-refractivity contribution in [1.82, 2.24) is 14.2 Å². The fourth-order valence-corrected chi connectivity index (χ4v) is 6.48. The summed E-state index contributed by atoms with van der Waals surface area (Å²) in [5, 5.41) is 4.75. The Morgan fingerprint density at radius 2 is 1.94 bits per heavy atom. The van der Waals surface area contributed by atoms with E-state index in [0.717, 1.165) is 9.88 Å². The highest BCUT2D eigenvalue weighted by molar-refractivity contribution is 7.88. The second-order valence-electron chi connectivity index (χ2n) is 7.43. The van der Waals surface area contributed by atoms with Gasteiger partial charge >= 0.3 is 0 Å². The van der Waals surface area contributed by atoms with Gasteiger partial charge in [-0.1, -0.05) is 18.2 Å². The van der Waals surface area contributed by atoms with Gasteiger partial charge in [-0.05, 0) is 36.4 Å². The van der Waals surface area contributed by atoms with Crippen LogP contribution in [0.15, 0.2) is 47.2 Å². The molecule has 1 aromatic carbocycles. The molecule has 10 heteroatoms. The number of piperidine rings is 1. The zero-order valence-corrected chi connectivity index (χ0v) is 19.4. The molecular weight excluding hydrogens is 457 g/mol. The number of carbonyl (C=O) groups is 1. The monoisotopic (exact) mass is 479 g/mol. The number of thiophene rings is 1. The maximum atomic E-state index is 14.0. The smallest absolute Gasteiger partial charge is 0.256 e. The van der Waals surface area contributed by atoms with Crippen LogP contribution in [0.5, 0.6) is 0 Å². The molecule has 1 saturated heterocycles. The summed E-state index contributed by atoms with van der Waals surface area (Å²) < 4.78 is 40.5. The van der Waals surface area contributed by atoms with Crippen LogP contribution in [0.4, 0.5) is 4.39 Å². The Labute approximate surface area is 189 Å². The quantitative estimate of drug-likeness (QED) is 0.534. The molecule has 0 N–H and O–H groups in total. The molecule has 31 heavy (non-hydrogen) atoms. The summed E-state index contributed by atoms with van der Waals surface area (Å²) in [4.78, 5) is 19.9. The topological polar surface area (TPSA) is 70.6 Å². The number of benzene rings is 1. The van der Waals surface area contributed by atoms with Crippen LogP contribution >= 0.6 is 22.7 Å². The van der Waals surface area contributed by atoms with Crippen LogP contribution in [-0.2, 0) is 16.6 Å². The van der Waals surface area contributed by atoms with Crippen molar-refractivity contribution in [3.8, 4) is 9.88 Å². The van der Waals surface area contributed by atoms with Crippen molar-refractivity contribution >= 4 is 38.6 Å². The molecule has 3 heterocycles. The molecule has 4 rings (SSSR count). The molecular formula is C21H22FN3O3S3. The molecule has 164 valence electrons. The molecule has 6 nitrogen and oxygen atoms in total. The second-order valence-corrected chi connectivity index (χ2v) is 11.2. The maximum Gasteiger partial charge on any atom is 0.256 e. The maximum absolute atomic E-state index is 14.0. The van der Waals surface area contributed by atoms with E-state index in [-0.39, 0.29) is 24.1 Å². The van der Waals surface area contributed by atoms with E-state index in [1.165, 1.54) is 34.0 Å². The van der Waals surface area contributed by atoms with E-state index in [1.807, 2.05) is 22.9 Å². The highest BCUT2D eigenvalue weighted by atomic mass is 32.2. The van der Waals surface area contributed by atoms with Gasteiger partial charge in [-0.2, -0.15) is 4.31 Å². The lowest BCUT2D eigenvalue weighted by Crippen LogP contribution is -2.48. The fourth-order valence-electron chi connectivity index (χ4n) is 3.73. The number of nitrogens with zero attached hydrogens (tertiary/aromatic N) is 3. The predicted octanol–water partition coefficient (Wildman–Crippen LogP) is 4.08. The number of hydrogen-bond acceptors (Lipinski definition) is 6. The number of halogens is 1. The molecule has 2 aromatic heterocycles. The first-order chi connectivity index (χ1) is 14.8. The van der Waals surface area contributed by atoms with E-state index in [4.69, 9.17) is 0 Å². The molecule has 3 aromatic rings. The average molecular weight is 480 g/mol. The van der Waals surface area contributed by atoms with Gasteiger partial charge in [-0.15, -0.1) is 22.7 Å². The van der Waals surface area contributed by atoms with Gasteiger partial charge in [-0.3, -0.25) is 4.79 Å². The van der Waals surface area contributed by atoms with Gasteiger partial charge in [0.2, 0.25) is 10.0 Å². The van der Waals surface area contributed by atoms with E-state index in [2.05, 4.69) is 4.98 Å². The van der Waals surface area contributed by atoms with Crippen molar-refractivity contribution in [3.05, 3.63) is 64.2 Å². The first kappa shape index (κ1) is 22.1. The first-order valence-corrected chi connectivity index (χ1v) is 13.4. The molecule has 1 aliphatic heterocycles. The van der Waals surface area contributed by atoms with Crippen LogP contribution in [0, 0.1) is 5.82 Å². The summed E-state index contributed by atoms with van der Waals surface area (Å²) in [6, 6.07) is 9.64. The number of rotatable bonds is 6. The van der Waals surface area contributed by atoms with Crippen LogP contribution in [0.1, 0.15) is 28.9 Å². The van der Waals surface area contributed by atoms with Gasteiger partial charge in [0.05, 0.1) is 28.9 Å². The molecule has 0 unspecified atom stereocenters. The number of hydrogen-bond donors (Lipinski definition) is 0. The molecule has 1 amide bonds. The molecule has 0 spiro atoms. The lowest BCUT2D eigenvalue weighted by molar-refractivity contribution is 0.0671. The molecule has 0 radical (unpaired) electrons. The van der Waals surface area contributed by atoms with Gasteiger partial charge in [-0.25, -0.2) is 17.8 Å². The second kappa shape index (κ2) is 9.15. The van der Waals surface area contributed by atoms with E-state index in [9.17, 15) is 17.6 Å². The first-order valence-electron chi connectivity index (χ1n) is 9.82. The molecule has 0 aliphatic carbocycles. The molecule has 1 fully saturated rings.